The van der Waals surface area contributed by atoms with Crippen molar-refractivity contribution in [3.05, 3.63) is 30.2 Å². The number of nitrogens with one attached hydrogen (secondary N) is 1. The molecule has 1 amide bonds. The number of nitrogens with zero attached hydrogens (tertiary/aromatic N) is 7. The zero-order valence-electron chi connectivity index (χ0n) is 18.9. The van der Waals surface area contributed by atoms with E-state index in [2.05, 4.69) is 25.7 Å². The number of hydrogen-bond donors (Lipinski definition) is 1. The van der Waals surface area contributed by atoms with Gasteiger partial charge in [0.1, 0.15) is 23.7 Å². The maximum absolute atomic E-state index is 15.2. The largest absolute Gasteiger partial charge is 0.479 e. The number of benzene rings is 1. The molecule has 2 atom stereocenters. The molecule has 0 unspecified atom stereocenters. The van der Waals surface area contributed by atoms with Crippen LogP contribution < -0.4 is 10.1 Å². The van der Waals surface area contributed by atoms with Crippen LogP contribution in [-0.4, -0.2) is 79.0 Å². The third kappa shape index (κ3) is 4.24. The van der Waals surface area contributed by atoms with Crippen molar-refractivity contribution in [1.82, 2.24) is 34.5 Å². The number of hydrogen-bond acceptors (Lipinski definition) is 7. The van der Waals surface area contributed by atoms with Gasteiger partial charge in [-0.05, 0) is 17.7 Å². The molecule has 4 aromatic rings. The molecule has 1 aliphatic heterocycles. The SMILES string of the molecule is COc1nc(N[C@@H]2CN(C(C)=O)C[C@@H]2F)nn2cc(F)c(-c3ccc4nnn(CC(F)(F)F)c4c3)c12. The number of methoxy groups -OCH3 is 1. The quantitative estimate of drug-likeness (QED) is 0.412. The van der Waals surface area contributed by atoms with E-state index in [1.165, 1.54) is 37.1 Å². The molecule has 1 N–H and O–H groups in total. The molecule has 1 fully saturated rings. The standard InChI is InChI=1S/C21H19F5N8O2/c1-10(35)32-6-12(22)15(8-32)27-20-28-19(36-2)18-17(13(23)7-33(18)30-20)11-3-4-14-16(5-11)34(31-29-14)9-21(24,25)26/h3-5,7,12,15H,6,8-9H2,1-2H3,(H,27,30)/t12-,15+/m0/s1. The highest BCUT2D eigenvalue weighted by molar-refractivity contribution is 5.89. The number of fused-ring (bicyclic) bond motifs is 2. The van der Waals surface area contributed by atoms with Crippen molar-refractivity contribution in [2.24, 2.45) is 0 Å². The zero-order valence-corrected chi connectivity index (χ0v) is 18.9. The van der Waals surface area contributed by atoms with E-state index in [0.717, 1.165) is 10.7 Å². The molecule has 190 valence electrons. The van der Waals surface area contributed by atoms with E-state index in [9.17, 15) is 22.4 Å². The molecule has 1 aliphatic rings. The van der Waals surface area contributed by atoms with Crippen LogP contribution in [0.2, 0.25) is 0 Å². The summed E-state index contributed by atoms with van der Waals surface area (Å²) in [5, 5.41) is 14.3. The van der Waals surface area contributed by atoms with Gasteiger partial charge in [0.05, 0.1) is 37.0 Å². The van der Waals surface area contributed by atoms with Gasteiger partial charge in [-0.2, -0.15) is 18.2 Å². The van der Waals surface area contributed by atoms with Gasteiger partial charge in [-0.1, -0.05) is 11.3 Å². The fraction of sp³-hybridized carbons (Fsp3) is 0.381. The molecule has 0 saturated carbocycles. The lowest BCUT2D eigenvalue weighted by atomic mass is 10.1. The molecule has 1 aromatic carbocycles. The lowest BCUT2D eigenvalue weighted by molar-refractivity contribution is -0.142. The van der Waals surface area contributed by atoms with Gasteiger partial charge < -0.3 is 15.0 Å². The molecule has 5 rings (SSSR count). The lowest BCUT2D eigenvalue weighted by Crippen LogP contribution is -2.32. The Morgan fingerprint density at radius 3 is 2.72 bits per heavy atom. The molecule has 0 radical (unpaired) electrons. The predicted molar refractivity (Wildman–Crippen MR) is 117 cm³/mol. The van der Waals surface area contributed by atoms with Crippen LogP contribution >= 0.6 is 0 Å². The fourth-order valence-corrected chi connectivity index (χ4v) is 4.23. The van der Waals surface area contributed by atoms with E-state index in [1.807, 2.05) is 0 Å². The Hall–Kier alpha value is -4.04. The Morgan fingerprint density at radius 2 is 2.06 bits per heavy atom. The Kier molecular flexibility index (Phi) is 5.64. The third-order valence-corrected chi connectivity index (χ3v) is 5.89. The van der Waals surface area contributed by atoms with Crippen LogP contribution in [0, 0.1) is 5.82 Å². The van der Waals surface area contributed by atoms with Crippen LogP contribution in [0.3, 0.4) is 0 Å². The predicted octanol–water partition coefficient (Wildman–Crippen LogP) is 2.83. The number of likely N-dealkylation sites (tertiary alicyclic amines) is 1. The smallest absolute Gasteiger partial charge is 0.408 e. The summed E-state index contributed by atoms with van der Waals surface area (Å²) in [6, 6.07) is 3.48. The average Bonchev–Trinajstić information content (AvgIpc) is 3.47. The first-order chi connectivity index (χ1) is 17.0. The van der Waals surface area contributed by atoms with Crippen LogP contribution in [0.25, 0.3) is 27.7 Å². The first-order valence-electron chi connectivity index (χ1n) is 10.7. The van der Waals surface area contributed by atoms with Gasteiger partial charge in [-0.15, -0.1) is 10.2 Å². The minimum Gasteiger partial charge on any atom is -0.479 e. The minimum absolute atomic E-state index is 0.00736. The van der Waals surface area contributed by atoms with Crippen LogP contribution in [0.4, 0.5) is 27.9 Å². The summed E-state index contributed by atoms with van der Waals surface area (Å²) in [5.74, 6) is -1.11. The molecule has 3 aromatic heterocycles. The highest BCUT2D eigenvalue weighted by Gasteiger charge is 2.35. The average molecular weight is 510 g/mol. The Bertz CT molecular complexity index is 1470. The second-order valence-electron chi connectivity index (χ2n) is 8.35. The van der Waals surface area contributed by atoms with Crippen molar-refractivity contribution < 1.29 is 31.5 Å². The van der Waals surface area contributed by atoms with E-state index in [1.54, 1.807) is 0 Å². The zero-order chi connectivity index (χ0) is 25.8. The summed E-state index contributed by atoms with van der Waals surface area (Å²) in [6.07, 6.45) is -4.83. The van der Waals surface area contributed by atoms with Gasteiger partial charge in [-0.3, -0.25) is 4.79 Å². The number of aromatic nitrogens is 6. The molecule has 36 heavy (non-hydrogen) atoms. The van der Waals surface area contributed by atoms with Gasteiger partial charge in [-0.25, -0.2) is 18.0 Å². The normalized spacial score (nSPS) is 18.4. The topological polar surface area (TPSA) is 102 Å². The fourth-order valence-electron chi connectivity index (χ4n) is 4.23. The lowest BCUT2D eigenvalue weighted by Gasteiger charge is -2.16. The number of carbonyl (C=O) groups excluding carboxylic acids is 1. The molecule has 4 heterocycles. The van der Waals surface area contributed by atoms with E-state index in [0.29, 0.717) is 4.68 Å². The molecule has 0 aliphatic carbocycles. The van der Waals surface area contributed by atoms with Crippen LogP contribution in [-0.2, 0) is 11.3 Å². The van der Waals surface area contributed by atoms with Gasteiger partial charge in [0.15, 0.2) is 5.82 Å². The molecule has 10 nitrogen and oxygen atoms in total. The number of halogens is 5. The number of alkyl halides is 4. The number of amides is 1. The van der Waals surface area contributed by atoms with E-state index in [4.69, 9.17) is 4.74 Å². The molecule has 0 spiro atoms. The van der Waals surface area contributed by atoms with Crippen molar-refractivity contribution in [2.75, 3.05) is 25.5 Å². The van der Waals surface area contributed by atoms with Crippen molar-refractivity contribution in [1.29, 1.82) is 0 Å². The summed E-state index contributed by atoms with van der Waals surface area (Å²) in [7, 11) is 1.30. The van der Waals surface area contributed by atoms with Crippen molar-refractivity contribution in [2.45, 2.75) is 31.9 Å². The monoisotopic (exact) mass is 510 g/mol. The van der Waals surface area contributed by atoms with E-state index in [-0.39, 0.29) is 58.5 Å². The molecule has 1 saturated heterocycles. The first-order valence-corrected chi connectivity index (χ1v) is 10.7. The second kappa shape index (κ2) is 8.57. The van der Waals surface area contributed by atoms with Crippen molar-refractivity contribution in [3.63, 3.8) is 0 Å². The number of ether oxygens (including phenoxy) is 1. The molecule has 0 bridgehead atoms. The Balaban J connectivity index is 1.54. The molecular formula is C21H19F5N8O2. The summed E-state index contributed by atoms with van der Waals surface area (Å²) < 4.78 is 75.5. The van der Waals surface area contributed by atoms with Crippen LogP contribution in [0.5, 0.6) is 5.88 Å². The minimum atomic E-state index is -4.52. The number of anilines is 1. The second-order valence-corrected chi connectivity index (χ2v) is 8.35. The van der Waals surface area contributed by atoms with E-state index >= 15 is 4.39 Å². The maximum atomic E-state index is 15.2. The van der Waals surface area contributed by atoms with Gasteiger partial charge in [0, 0.05) is 13.5 Å². The highest BCUT2D eigenvalue weighted by atomic mass is 19.4. The number of carbonyl (C=O) groups is 1. The highest BCUT2D eigenvalue weighted by Crippen LogP contribution is 2.35. The first kappa shape index (κ1) is 23.7. The van der Waals surface area contributed by atoms with Gasteiger partial charge >= 0.3 is 6.18 Å². The molecule has 15 heteroatoms. The van der Waals surface area contributed by atoms with Crippen molar-refractivity contribution in [3.8, 4) is 17.0 Å². The Morgan fingerprint density at radius 1 is 1.28 bits per heavy atom. The molecular weight excluding hydrogens is 491 g/mol. The van der Waals surface area contributed by atoms with Crippen molar-refractivity contribution >= 4 is 28.4 Å². The number of rotatable bonds is 5. The third-order valence-electron chi connectivity index (χ3n) is 5.89. The summed E-state index contributed by atoms with van der Waals surface area (Å²) in [4.78, 5) is 17.1. The maximum Gasteiger partial charge on any atom is 0.408 e. The summed E-state index contributed by atoms with van der Waals surface area (Å²) in [5.41, 5.74) is 0.605. The van der Waals surface area contributed by atoms with Crippen LogP contribution in [0.1, 0.15) is 6.92 Å². The summed E-state index contributed by atoms with van der Waals surface area (Å²) in [6.45, 7) is 0.0155. The summed E-state index contributed by atoms with van der Waals surface area (Å²) >= 11 is 0. The van der Waals surface area contributed by atoms with E-state index < -0.39 is 30.8 Å². The van der Waals surface area contributed by atoms with Gasteiger partial charge in [0.2, 0.25) is 17.7 Å². The van der Waals surface area contributed by atoms with Gasteiger partial charge in [0.25, 0.3) is 0 Å². The Labute approximate surface area is 199 Å². The van der Waals surface area contributed by atoms with Crippen LogP contribution in [0.15, 0.2) is 24.4 Å².